The fraction of sp³-hybridized carbons (Fsp3) is 0.857. The standard InChI is InChI=1S/C14H25NO4/c1-9(2)8-10(11-6-7-12(16)18-11)15-13(17)19-14(3,4)5/h9-11H,6-8H2,1-5H3,(H,15,17). The molecule has 0 radical (unpaired) electrons. The van der Waals surface area contributed by atoms with Gasteiger partial charge in [-0.3, -0.25) is 4.79 Å². The number of ether oxygens (including phenoxy) is 2. The Kier molecular flexibility index (Phi) is 5.20. The summed E-state index contributed by atoms with van der Waals surface area (Å²) in [5.41, 5.74) is -0.529. The number of nitrogens with one attached hydrogen (secondary N) is 1. The van der Waals surface area contributed by atoms with Gasteiger partial charge in [0.05, 0.1) is 6.04 Å². The second kappa shape index (κ2) is 6.26. The lowest BCUT2D eigenvalue weighted by Gasteiger charge is -2.27. The van der Waals surface area contributed by atoms with E-state index in [9.17, 15) is 9.59 Å². The number of hydrogen-bond donors (Lipinski definition) is 1. The Balaban J connectivity index is 2.59. The van der Waals surface area contributed by atoms with Gasteiger partial charge in [-0.1, -0.05) is 13.8 Å². The molecule has 0 aromatic carbocycles. The summed E-state index contributed by atoms with van der Waals surface area (Å²) in [6.07, 6.45) is 1.15. The van der Waals surface area contributed by atoms with E-state index in [4.69, 9.17) is 9.47 Å². The zero-order chi connectivity index (χ0) is 14.6. The molecule has 1 heterocycles. The van der Waals surface area contributed by atoms with Crippen LogP contribution < -0.4 is 5.32 Å². The summed E-state index contributed by atoms with van der Waals surface area (Å²) in [7, 11) is 0. The van der Waals surface area contributed by atoms with Crippen LogP contribution >= 0.6 is 0 Å². The van der Waals surface area contributed by atoms with Crippen LogP contribution in [0, 0.1) is 5.92 Å². The molecule has 2 unspecified atom stereocenters. The summed E-state index contributed by atoms with van der Waals surface area (Å²) in [5.74, 6) is 0.212. The predicted octanol–water partition coefficient (Wildman–Crippen LogP) is 2.63. The largest absolute Gasteiger partial charge is 0.460 e. The molecule has 0 aliphatic carbocycles. The van der Waals surface area contributed by atoms with Crippen molar-refractivity contribution in [2.45, 2.75) is 71.6 Å². The van der Waals surface area contributed by atoms with Gasteiger partial charge in [0, 0.05) is 6.42 Å². The van der Waals surface area contributed by atoms with Crippen molar-refractivity contribution < 1.29 is 19.1 Å². The minimum absolute atomic E-state index is 0.179. The summed E-state index contributed by atoms with van der Waals surface area (Å²) < 4.78 is 10.5. The van der Waals surface area contributed by atoms with Crippen LogP contribution in [0.2, 0.25) is 0 Å². The third-order valence-corrected chi connectivity index (χ3v) is 2.79. The molecule has 1 aliphatic rings. The molecular formula is C14H25NO4. The number of carbonyl (C=O) groups excluding carboxylic acids is 2. The van der Waals surface area contributed by atoms with Gasteiger partial charge in [-0.05, 0) is 39.5 Å². The monoisotopic (exact) mass is 271 g/mol. The Morgan fingerprint density at radius 2 is 2.11 bits per heavy atom. The van der Waals surface area contributed by atoms with E-state index in [1.54, 1.807) is 0 Å². The van der Waals surface area contributed by atoms with Crippen LogP contribution in [-0.4, -0.2) is 29.8 Å². The predicted molar refractivity (Wildman–Crippen MR) is 71.7 cm³/mol. The maximum Gasteiger partial charge on any atom is 0.408 e. The number of esters is 1. The molecule has 0 aromatic heterocycles. The first kappa shape index (κ1) is 15.8. The summed E-state index contributed by atoms with van der Waals surface area (Å²) in [6.45, 7) is 9.60. The van der Waals surface area contributed by atoms with Gasteiger partial charge in [0.15, 0.2) is 0 Å². The highest BCUT2D eigenvalue weighted by atomic mass is 16.6. The van der Waals surface area contributed by atoms with E-state index in [1.807, 2.05) is 20.8 Å². The van der Waals surface area contributed by atoms with E-state index in [0.717, 1.165) is 6.42 Å². The smallest absolute Gasteiger partial charge is 0.408 e. The van der Waals surface area contributed by atoms with Crippen molar-refractivity contribution in [1.82, 2.24) is 5.32 Å². The maximum atomic E-state index is 11.8. The molecule has 0 aromatic rings. The van der Waals surface area contributed by atoms with E-state index >= 15 is 0 Å². The molecule has 19 heavy (non-hydrogen) atoms. The highest BCUT2D eigenvalue weighted by Crippen LogP contribution is 2.22. The number of amides is 1. The van der Waals surface area contributed by atoms with Gasteiger partial charge >= 0.3 is 12.1 Å². The van der Waals surface area contributed by atoms with Gasteiger partial charge in [0.25, 0.3) is 0 Å². The topological polar surface area (TPSA) is 64.6 Å². The Bertz CT molecular complexity index is 333. The van der Waals surface area contributed by atoms with Crippen LogP contribution in [0.5, 0.6) is 0 Å². The zero-order valence-electron chi connectivity index (χ0n) is 12.5. The number of alkyl carbamates (subject to hydrolysis) is 1. The fourth-order valence-electron chi connectivity index (χ4n) is 2.10. The average Bonchev–Trinajstić information content (AvgIpc) is 2.60. The molecule has 5 nitrogen and oxygen atoms in total. The molecule has 0 spiro atoms. The second-order valence-corrected chi connectivity index (χ2v) is 6.45. The van der Waals surface area contributed by atoms with Crippen LogP contribution in [0.25, 0.3) is 0 Å². The van der Waals surface area contributed by atoms with E-state index in [2.05, 4.69) is 19.2 Å². The molecule has 2 atom stereocenters. The molecule has 1 aliphatic heterocycles. The van der Waals surface area contributed by atoms with Crippen molar-refractivity contribution in [3.05, 3.63) is 0 Å². The van der Waals surface area contributed by atoms with Crippen LogP contribution in [0.4, 0.5) is 4.79 Å². The van der Waals surface area contributed by atoms with Gasteiger partial charge in [-0.2, -0.15) is 0 Å². The Morgan fingerprint density at radius 3 is 2.53 bits per heavy atom. The van der Waals surface area contributed by atoms with Crippen LogP contribution in [0.3, 0.4) is 0 Å². The Morgan fingerprint density at radius 1 is 1.47 bits per heavy atom. The molecule has 1 saturated heterocycles. The number of cyclic esters (lactones) is 1. The van der Waals surface area contributed by atoms with Crippen molar-refractivity contribution in [3.63, 3.8) is 0 Å². The minimum Gasteiger partial charge on any atom is -0.460 e. The first-order valence-corrected chi connectivity index (χ1v) is 6.86. The first-order chi connectivity index (χ1) is 8.67. The molecular weight excluding hydrogens is 246 g/mol. The van der Waals surface area contributed by atoms with Crippen molar-refractivity contribution >= 4 is 12.1 Å². The van der Waals surface area contributed by atoms with Crippen LogP contribution in [0.15, 0.2) is 0 Å². The van der Waals surface area contributed by atoms with Crippen molar-refractivity contribution in [2.24, 2.45) is 5.92 Å². The lowest BCUT2D eigenvalue weighted by atomic mass is 9.97. The second-order valence-electron chi connectivity index (χ2n) is 6.45. The molecule has 1 amide bonds. The normalized spacial score (nSPS) is 21.2. The number of carbonyl (C=O) groups is 2. The third-order valence-electron chi connectivity index (χ3n) is 2.79. The first-order valence-electron chi connectivity index (χ1n) is 6.86. The number of hydrogen-bond acceptors (Lipinski definition) is 4. The van der Waals surface area contributed by atoms with Crippen molar-refractivity contribution in [3.8, 4) is 0 Å². The van der Waals surface area contributed by atoms with Crippen molar-refractivity contribution in [2.75, 3.05) is 0 Å². The van der Waals surface area contributed by atoms with Gasteiger partial charge in [-0.15, -0.1) is 0 Å². The molecule has 1 N–H and O–H groups in total. The summed E-state index contributed by atoms with van der Waals surface area (Å²) >= 11 is 0. The lowest BCUT2D eigenvalue weighted by Crippen LogP contribution is -2.46. The SMILES string of the molecule is CC(C)CC(NC(=O)OC(C)(C)C)C1CCC(=O)O1. The molecule has 1 fully saturated rings. The summed E-state index contributed by atoms with van der Waals surface area (Å²) in [5, 5.41) is 2.83. The van der Waals surface area contributed by atoms with Gasteiger partial charge in [-0.25, -0.2) is 4.79 Å². The van der Waals surface area contributed by atoms with E-state index in [-0.39, 0.29) is 18.1 Å². The van der Waals surface area contributed by atoms with Gasteiger partial charge in [0.1, 0.15) is 11.7 Å². The molecule has 110 valence electrons. The highest BCUT2D eigenvalue weighted by molar-refractivity contribution is 5.72. The molecule has 5 heteroatoms. The Labute approximate surface area is 115 Å². The summed E-state index contributed by atoms with van der Waals surface area (Å²) in [6, 6.07) is -0.179. The third kappa shape index (κ3) is 5.94. The highest BCUT2D eigenvalue weighted by Gasteiger charge is 2.33. The van der Waals surface area contributed by atoms with Crippen molar-refractivity contribution in [1.29, 1.82) is 0 Å². The summed E-state index contributed by atoms with van der Waals surface area (Å²) in [4.78, 5) is 23.0. The maximum absolute atomic E-state index is 11.8. The fourth-order valence-corrected chi connectivity index (χ4v) is 2.10. The van der Waals surface area contributed by atoms with E-state index < -0.39 is 11.7 Å². The van der Waals surface area contributed by atoms with Gasteiger partial charge < -0.3 is 14.8 Å². The zero-order valence-corrected chi connectivity index (χ0v) is 12.5. The van der Waals surface area contributed by atoms with Crippen LogP contribution in [-0.2, 0) is 14.3 Å². The van der Waals surface area contributed by atoms with E-state index in [1.165, 1.54) is 0 Å². The Hall–Kier alpha value is -1.26. The van der Waals surface area contributed by atoms with E-state index in [0.29, 0.717) is 18.8 Å². The quantitative estimate of drug-likeness (QED) is 0.798. The van der Waals surface area contributed by atoms with Gasteiger partial charge in [0.2, 0.25) is 0 Å². The average molecular weight is 271 g/mol. The molecule has 0 saturated carbocycles. The molecule has 0 bridgehead atoms. The minimum atomic E-state index is -0.529. The van der Waals surface area contributed by atoms with Crippen LogP contribution in [0.1, 0.15) is 53.9 Å². The lowest BCUT2D eigenvalue weighted by molar-refractivity contribution is -0.142. The molecule has 1 rings (SSSR count). The number of rotatable bonds is 4.